The Hall–Kier alpha value is -0.650. The number of hydrogen-bond donors (Lipinski definition) is 0. The summed E-state index contributed by atoms with van der Waals surface area (Å²) in [7, 11) is -3.93. The van der Waals surface area contributed by atoms with Gasteiger partial charge in [-0.2, -0.15) is 0 Å². The van der Waals surface area contributed by atoms with Crippen molar-refractivity contribution in [3.8, 4) is 0 Å². The third-order valence-electron chi connectivity index (χ3n) is 0.826. The second kappa shape index (κ2) is 6.76. The van der Waals surface area contributed by atoms with Crippen molar-refractivity contribution in [3.63, 3.8) is 0 Å². The van der Waals surface area contributed by atoms with Crippen molar-refractivity contribution >= 4 is 43.1 Å². The van der Waals surface area contributed by atoms with E-state index in [1.54, 1.807) is 0 Å². The average Bonchev–Trinajstić information content (AvgIpc) is 2.01. The SMILES string of the molecule is CP(=O)(OC(=O)OCCl)OC(=O)OCCl. The van der Waals surface area contributed by atoms with Crippen LogP contribution in [0.4, 0.5) is 9.59 Å². The normalized spacial score (nSPS) is 10.3. The Kier molecular flexibility index (Phi) is 6.47. The minimum atomic E-state index is -3.93. The smallest absolute Gasteiger partial charge is 0.418 e. The molecule has 0 bridgehead atoms. The van der Waals surface area contributed by atoms with Crippen LogP contribution < -0.4 is 0 Å². The van der Waals surface area contributed by atoms with Gasteiger partial charge in [0.1, 0.15) is 0 Å². The van der Waals surface area contributed by atoms with Crippen molar-refractivity contribution in [2.75, 3.05) is 18.8 Å². The van der Waals surface area contributed by atoms with Gasteiger partial charge in [-0.15, -0.1) is 0 Å². The summed E-state index contributed by atoms with van der Waals surface area (Å²) >= 11 is 10.0. The van der Waals surface area contributed by atoms with Gasteiger partial charge in [0.05, 0.1) is 6.66 Å². The molecule has 0 aliphatic carbocycles. The van der Waals surface area contributed by atoms with Gasteiger partial charge in [0.2, 0.25) is 0 Å². The lowest BCUT2D eigenvalue weighted by Crippen LogP contribution is -2.10. The molecular weight excluding hydrogens is 274 g/mol. The standard InChI is InChI=1S/C5H7Cl2O7P/c1-15(10,13-4(8)11-2-6)14-5(9)12-3-7/h2-3H2,1H3. The molecule has 0 atom stereocenters. The van der Waals surface area contributed by atoms with E-state index in [9.17, 15) is 14.2 Å². The summed E-state index contributed by atoms with van der Waals surface area (Å²) in [5.41, 5.74) is 0. The zero-order valence-electron chi connectivity index (χ0n) is 7.48. The zero-order valence-corrected chi connectivity index (χ0v) is 9.88. The monoisotopic (exact) mass is 280 g/mol. The Balaban J connectivity index is 4.12. The van der Waals surface area contributed by atoms with Gasteiger partial charge in [0.25, 0.3) is 0 Å². The van der Waals surface area contributed by atoms with Crippen LogP contribution in [-0.2, 0) is 23.1 Å². The van der Waals surface area contributed by atoms with Crippen LogP contribution in [0.2, 0.25) is 0 Å². The highest BCUT2D eigenvalue weighted by Gasteiger charge is 2.28. The minimum Gasteiger partial charge on any atom is -0.418 e. The summed E-state index contributed by atoms with van der Waals surface area (Å²) in [6.07, 6.45) is -2.65. The quantitative estimate of drug-likeness (QED) is 0.444. The van der Waals surface area contributed by atoms with E-state index in [2.05, 4.69) is 18.5 Å². The lowest BCUT2D eigenvalue weighted by Gasteiger charge is -2.11. The molecule has 0 rings (SSSR count). The van der Waals surface area contributed by atoms with Crippen molar-refractivity contribution in [1.82, 2.24) is 0 Å². The first-order chi connectivity index (χ1) is 6.91. The van der Waals surface area contributed by atoms with Crippen LogP contribution in [0.3, 0.4) is 0 Å². The molecule has 0 saturated carbocycles. The first-order valence-electron chi connectivity index (χ1n) is 3.33. The maximum atomic E-state index is 11.3. The Labute approximate surface area is 95.0 Å². The van der Waals surface area contributed by atoms with Crippen LogP contribution >= 0.6 is 30.8 Å². The fourth-order valence-corrected chi connectivity index (χ4v) is 1.29. The van der Waals surface area contributed by atoms with Gasteiger partial charge in [-0.25, -0.2) is 14.2 Å². The van der Waals surface area contributed by atoms with E-state index in [1.807, 2.05) is 0 Å². The molecule has 0 amide bonds. The van der Waals surface area contributed by atoms with E-state index in [1.165, 1.54) is 0 Å². The predicted molar refractivity (Wildman–Crippen MR) is 50.1 cm³/mol. The van der Waals surface area contributed by atoms with Gasteiger partial charge in [0, 0.05) is 0 Å². The van der Waals surface area contributed by atoms with Crippen LogP contribution in [0.15, 0.2) is 0 Å². The lowest BCUT2D eigenvalue weighted by atomic mass is 11.4. The van der Waals surface area contributed by atoms with Crippen molar-refractivity contribution < 1.29 is 32.7 Å². The highest BCUT2D eigenvalue weighted by Crippen LogP contribution is 2.44. The molecule has 0 aliphatic rings. The predicted octanol–water partition coefficient (Wildman–Crippen LogP) is 2.51. The van der Waals surface area contributed by atoms with E-state index < -0.39 is 32.0 Å². The molecule has 88 valence electrons. The Bertz CT molecular complexity index is 257. The average molecular weight is 281 g/mol. The second-order valence-corrected chi connectivity index (χ2v) is 4.31. The van der Waals surface area contributed by atoms with Crippen LogP contribution in [0.5, 0.6) is 0 Å². The number of rotatable bonds is 4. The van der Waals surface area contributed by atoms with Crippen molar-refractivity contribution in [2.45, 2.75) is 0 Å². The fraction of sp³-hybridized carbons (Fsp3) is 0.600. The number of carbonyl (C=O) groups is 2. The molecular formula is C5H7Cl2O7P. The molecule has 0 saturated heterocycles. The second-order valence-electron chi connectivity index (χ2n) is 1.96. The summed E-state index contributed by atoms with van der Waals surface area (Å²) < 4.78 is 27.7. The van der Waals surface area contributed by atoms with Crippen LogP contribution in [0.1, 0.15) is 0 Å². The number of ether oxygens (including phenoxy) is 2. The molecule has 0 aromatic carbocycles. The van der Waals surface area contributed by atoms with Crippen molar-refractivity contribution in [1.29, 1.82) is 0 Å². The molecule has 7 nitrogen and oxygen atoms in total. The molecule has 0 aliphatic heterocycles. The zero-order chi connectivity index (χ0) is 11.9. The van der Waals surface area contributed by atoms with E-state index in [-0.39, 0.29) is 0 Å². The molecule has 0 N–H and O–H groups in total. The van der Waals surface area contributed by atoms with Gasteiger partial charge in [0.15, 0.2) is 12.1 Å². The highest BCUT2D eigenvalue weighted by molar-refractivity contribution is 7.54. The largest absolute Gasteiger partial charge is 0.516 e. The summed E-state index contributed by atoms with van der Waals surface area (Å²) in [5.74, 6) is 0. The topological polar surface area (TPSA) is 88.1 Å². The van der Waals surface area contributed by atoms with Crippen LogP contribution in [-0.4, -0.2) is 31.1 Å². The molecule has 0 fully saturated rings. The Morgan fingerprint density at radius 3 is 1.67 bits per heavy atom. The molecule has 0 unspecified atom stereocenters. The molecule has 10 heteroatoms. The number of carbonyl (C=O) groups excluding carboxylic acids is 2. The molecule has 0 spiro atoms. The van der Waals surface area contributed by atoms with E-state index in [0.29, 0.717) is 0 Å². The molecule has 15 heavy (non-hydrogen) atoms. The fourth-order valence-electron chi connectivity index (χ4n) is 0.431. The van der Waals surface area contributed by atoms with Gasteiger partial charge in [-0.1, -0.05) is 23.2 Å². The summed E-state index contributed by atoms with van der Waals surface area (Å²) in [5, 5.41) is 0. The Morgan fingerprint density at radius 2 is 1.40 bits per heavy atom. The first-order valence-corrected chi connectivity index (χ1v) is 6.39. The van der Waals surface area contributed by atoms with Crippen LogP contribution in [0.25, 0.3) is 0 Å². The summed E-state index contributed by atoms with van der Waals surface area (Å²) in [6.45, 7) is 0.873. The van der Waals surface area contributed by atoms with E-state index in [4.69, 9.17) is 23.2 Å². The highest BCUT2D eigenvalue weighted by atomic mass is 35.5. The third-order valence-corrected chi connectivity index (χ3v) is 2.01. The third kappa shape index (κ3) is 7.30. The summed E-state index contributed by atoms with van der Waals surface area (Å²) in [6, 6.07) is -0.962. The number of alkyl halides is 2. The van der Waals surface area contributed by atoms with Crippen LogP contribution in [0, 0.1) is 0 Å². The number of halogens is 2. The molecule has 0 aromatic heterocycles. The van der Waals surface area contributed by atoms with Crippen molar-refractivity contribution in [3.05, 3.63) is 0 Å². The maximum absolute atomic E-state index is 11.3. The molecule has 0 aromatic rings. The Morgan fingerprint density at radius 1 is 1.07 bits per heavy atom. The first kappa shape index (κ1) is 14.3. The van der Waals surface area contributed by atoms with E-state index >= 15 is 0 Å². The summed E-state index contributed by atoms with van der Waals surface area (Å²) in [4.78, 5) is 21.3. The van der Waals surface area contributed by atoms with Gasteiger partial charge >= 0.3 is 19.9 Å². The van der Waals surface area contributed by atoms with Gasteiger partial charge in [-0.05, 0) is 0 Å². The lowest BCUT2D eigenvalue weighted by molar-refractivity contribution is 0.0926. The van der Waals surface area contributed by atoms with E-state index in [0.717, 1.165) is 6.66 Å². The van der Waals surface area contributed by atoms with Crippen molar-refractivity contribution in [2.24, 2.45) is 0 Å². The maximum Gasteiger partial charge on any atom is 0.516 e. The molecule has 0 radical (unpaired) electrons. The molecule has 0 heterocycles. The number of hydrogen-bond acceptors (Lipinski definition) is 7. The van der Waals surface area contributed by atoms with Gasteiger partial charge < -0.3 is 18.5 Å². The minimum absolute atomic E-state index is 0.481. The van der Waals surface area contributed by atoms with Gasteiger partial charge in [-0.3, -0.25) is 0 Å².